The summed E-state index contributed by atoms with van der Waals surface area (Å²) in [4.78, 5) is 14.1. The number of hydrogen-bond acceptors (Lipinski definition) is 7. The standard InChI is InChI=1S/C30H43N7/c1-3-16-34-29(7-1)25-37(26-30-8-2-4-17-35-30)24-28-11-9-27(10-12-28)23-36-21-6-15-32-19-18-31-13-5-14-33-20-22-36/h1-4,7-12,16-17,31-33H,5-6,13-15,18-26H2. The van der Waals surface area contributed by atoms with Crippen LogP contribution in [0.3, 0.4) is 0 Å². The van der Waals surface area contributed by atoms with E-state index < -0.39 is 0 Å². The fourth-order valence-electron chi connectivity index (χ4n) is 4.70. The Kier molecular flexibility index (Phi) is 12.0. The van der Waals surface area contributed by atoms with Gasteiger partial charge in [-0.3, -0.25) is 19.8 Å². The van der Waals surface area contributed by atoms with Gasteiger partial charge in [0.25, 0.3) is 0 Å². The molecular weight excluding hydrogens is 458 g/mol. The highest BCUT2D eigenvalue weighted by molar-refractivity contribution is 5.23. The van der Waals surface area contributed by atoms with Crippen LogP contribution in [0.5, 0.6) is 0 Å². The van der Waals surface area contributed by atoms with Crippen molar-refractivity contribution < 1.29 is 0 Å². The molecule has 3 heterocycles. The third-order valence-corrected chi connectivity index (χ3v) is 6.68. The lowest BCUT2D eigenvalue weighted by Gasteiger charge is -2.24. The Morgan fingerprint density at radius 3 is 1.81 bits per heavy atom. The van der Waals surface area contributed by atoms with E-state index in [1.807, 2.05) is 24.5 Å². The first-order valence-corrected chi connectivity index (χ1v) is 13.8. The molecule has 37 heavy (non-hydrogen) atoms. The van der Waals surface area contributed by atoms with Gasteiger partial charge >= 0.3 is 0 Å². The van der Waals surface area contributed by atoms with Crippen LogP contribution in [0, 0.1) is 0 Å². The van der Waals surface area contributed by atoms with Gasteiger partial charge in [0.1, 0.15) is 0 Å². The van der Waals surface area contributed by atoms with E-state index in [1.54, 1.807) is 0 Å². The summed E-state index contributed by atoms with van der Waals surface area (Å²) in [5, 5.41) is 10.7. The van der Waals surface area contributed by atoms with Crippen molar-refractivity contribution in [1.29, 1.82) is 0 Å². The second-order valence-corrected chi connectivity index (χ2v) is 9.84. The molecule has 0 unspecified atom stereocenters. The molecule has 0 saturated carbocycles. The van der Waals surface area contributed by atoms with Gasteiger partial charge < -0.3 is 16.0 Å². The van der Waals surface area contributed by atoms with E-state index in [-0.39, 0.29) is 0 Å². The molecule has 7 heteroatoms. The van der Waals surface area contributed by atoms with Gasteiger partial charge in [0.2, 0.25) is 0 Å². The van der Waals surface area contributed by atoms with Gasteiger partial charge in [-0.1, -0.05) is 36.4 Å². The Balaban J connectivity index is 1.34. The van der Waals surface area contributed by atoms with Gasteiger partial charge in [0.05, 0.1) is 11.4 Å². The summed E-state index contributed by atoms with van der Waals surface area (Å²) in [5.74, 6) is 0. The molecule has 7 nitrogen and oxygen atoms in total. The third kappa shape index (κ3) is 10.7. The zero-order valence-electron chi connectivity index (χ0n) is 22.1. The third-order valence-electron chi connectivity index (χ3n) is 6.68. The number of hydrogen-bond donors (Lipinski definition) is 3. The van der Waals surface area contributed by atoms with E-state index in [0.29, 0.717) is 0 Å². The molecule has 0 amide bonds. The van der Waals surface area contributed by atoms with E-state index >= 15 is 0 Å². The molecule has 1 fully saturated rings. The molecule has 3 N–H and O–H groups in total. The van der Waals surface area contributed by atoms with Crippen LogP contribution in [0.25, 0.3) is 0 Å². The fourth-order valence-corrected chi connectivity index (χ4v) is 4.70. The highest BCUT2D eigenvalue weighted by Gasteiger charge is 2.11. The Morgan fingerprint density at radius 2 is 1.19 bits per heavy atom. The molecule has 0 spiro atoms. The smallest absolute Gasteiger partial charge is 0.0544 e. The monoisotopic (exact) mass is 501 g/mol. The maximum absolute atomic E-state index is 4.55. The SMILES string of the molecule is c1ccc(CN(Cc2ccc(CN3CCCNCCNCCCNCC3)cc2)Cc2ccccn2)nc1. The van der Waals surface area contributed by atoms with E-state index in [1.165, 1.54) is 24.0 Å². The lowest BCUT2D eigenvalue weighted by molar-refractivity contribution is 0.241. The molecule has 4 rings (SSSR count). The number of nitrogens with one attached hydrogen (secondary N) is 3. The molecule has 0 bridgehead atoms. The average molecular weight is 502 g/mol. The number of benzene rings is 1. The maximum Gasteiger partial charge on any atom is 0.0544 e. The van der Waals surface area contributed by atoms with Crippen molar-refractivity contribution in [3.63, 3.8) is 0 Å². The summed E-state index contributed by atoms with van der Waals surface area (Å²) >= 11 is 0. The number of nitrogens with zero attached hydrogens (tertiary/aromatic N) is 4. The van der Waals surface area contributed by atoms with Crippen molar-refractivity contribution in [1.82, 2.24) is 35.7 Å². The molecule has 3 aromatic rings. The van der Waals surface area contributed by atoms with Crippen molar-refractivity contribution in [2.24, 2.45) is 0 Å². The van der Waals surface area contributed by atoms with Crippen LogP contribution >= 0.6 is 0 Å². The minimum atomic E-state index is 0.796. The molecule has 1 aromatic carbocycles. The molecule has 0 radical (unpaired) electrons. The molecule has 2 aromatic heterocycles. The second kappa shape index (κ2) is 16.2. The fraction of sp³-hybridized carbons (Fsp3) is 0.467. The van der Waals surface area contributed by atoms with Crippen molar-refractivity contribution in [2.45, 2.75) is 39.0 Å². The van der Waals surface area contributed by atoms with E-state index in [9.17, 15) is 0 Å². The van der Waals surface area contributed by atoms with Gasteiger partial charge in [0.15, 0.2) is 0 Å². The number of rotatable bonds is 8. The first kappa shape index (κ1) is 27.4. The quantitative estimate of drug-likeness (QED) is 0.438. The Morgan fingerprint density at radius 1 is 0.595 bits per heavy atom. The maximum atomic E-state index is 4.55. The molecule has 0 atom stereocenters. The summed E-state index contributed by atoms with van der Waals surface area (Å²) in [7, 11) is 0. The molecule has 198 valence electrons. The molecule has 0 aliphatic carbocycles. The van der Waals surface area contributed by atoms with Crippen molar-refractivity contribution >= 4 is 0 Å². The zero-order chi connectivity index (χ0) is 25.4. The number of pyridine rings is 2. The van der Waals surface area contributed by atoms with Gasteiger partial charge in [0, 0.05) is 64.8 Å². The minimum absolute atomic E-state index is 0.796. The normalized spacial score (nSPS) is 16.9. The van der Waals surface area contributed by atoms with Gasteiger partial charge in [-0.25, -0.2) is 0 Å². The van der Waals surface area contributed by atoms with Gasteiger partial charge in [-0.15, -0.1) is 0 Å². The summed E-state index contributed by atoms with van der Waals surface area (Å²) in [5.41, 5.74) is 4.85. The Hall–Kier alpha value is -2.68. The average Bonchev–Trinajstić information content (AvgIpc) is 2.93. The molecule has 1 aliphatic heterocycles. The predicted molar refractivity (Wildman–Crippen MR) is 151 cm³/mol. The molecule has 1 saturated heterocycles. The van der Waals surface area contributed by atoms with Crippen molar-refractivity contribution in [3.05, 3.63) is 95.6 Å². The lowest BCUT2D eigenvalue weighted by Crippen LogP contribution is -2.36. The summed E-state index contributed by atoms with van der Waals surface area (Å²) in [6.07, 6.45) is 6.09. The van der Waals surface area contributed by atoms with Crippen LogP contribution in [0.4, 0.5) is 0 Å². The Bertz CT molecular complexity index is 926. The van der Waals surface area contributed by atoms with Crippen LogP contribution < -0.4 is 16.0 Å². The summed E-state index contributed by atoms with van der Waals surface area (Å²) in [6, 6.07) is 21.4. The van der Waals surface area contributed by atoms with E-state index in [0.717, 1.165) is 89.9 Å². The highest BCUT2D eigenvalue weighted by atomic mass is 15.1. The molecular formula is C30H43N7. The van der Waals surface area contributed by atoms with E-state index in [2.05, 4.69) is 84.2 Å². The van der Waals surface area contributed by atoms with Gasteiger partial charge in [-0.2, -0.15) is 0 Å². The first-order chi connectivity index (χ1) is 18.3. The predicted octanol–water partition coefficient (Wildman–Crippen LogP) is 3.04. The number of aromatic nitrogens is 2. The first-order valence-electron chi connectivity index (χ1n) is 13.8. The van der Waals surface area contributed by atoms with Crippen molar-refractivity contribution in [2.75, 3.05) is 52.4 Å². The topological polar surface area (TPSA) is 68.3 Å². The summed E-state index contributed by atoms with van der Waals surface area (Å²) in [6.45, 7) is 12.0. The van der Waals surface area contributed by atoms with Crippen LogP contribution in [0.1, 0.15) is 35.4 Å². The van der Waals surface area contributed by atoms with E-state index in [4.69, 9.17) is 0 Å². The van der Waals surface area contributed by atoms with Crippen molar-refractivity contribution in [3.8, 4) is 0 Å². The zero-order valence-corrected chi connectivity index (χ0v) is 22.1. The molecule has 1 aliphatic rings. The van der Waals surface area contributed by atoms with Crippen LogP contribution in [0.15, 0.2) is 73.1 Å². The van der Waals surface area contributed by atoms with Gasteiger partial charge in [-0.05, 0) is 74.4 Å². The van der Waals surface area contributed by atoms with Crippen LogP contribution in [0.2, 0.25) is 0 Å². The highest BCUT2D eigenvalue weighted by Crippen LogP contribution is 2.14. The van der Waals surface area contributed by atoms with Crippen LogP contribution in [-0.4, -0.2) is 72.1 Å². The summed E-state index contributed by atoms with van der Waals surface area (Å²) < 4.78 is 0. The largest absolute Gasteiger partial charge is 0.315 e. The van der Waals surface area contributed by atoms with Crippen LogP contribution in [-0.2, 0) is 26.2 Å². The second-order valence-electron chi connectivity index (χ2n) is 9.84. The minimum Gasteiger partial charge on any atom is -0.315 e. The lowest BCUT2D eigenvalue weighted by atomic mass is 10.1. The Labute approximate surface area is 222 Å².